The largest absolute Gasteiger partial charge is 0.339 e. The Labute approximate surface area is 82.4 Å². The van der Waals surface area contributed by atoms with Gasteiger partial charge >= 0.3 is 0 Å². The van der Waals surface area contributed by atoms with Crippen molar-refractivity contribution in [2.75, 3.05) is 11.9 Å². The molecule has 0 aliphatic carbocycles. The molecule has 0 spiro atoms. The molecule has 1 aliphatic heterocycles. The monoisotopic (exact) mass is 233 g/mol. The Morgan fingerprint density at radius 1 is 1.67 bits per heavy atom. The molecule has 0 aromatic heterocycles. The highest BCUT2D eigenvalue weighted by Gasteiger charge is 2.26. The minimum absolute atomic E-state index is 0.333. The summed E-state index contributed by atoms with van der Waals surface area (Å²) in [5, 5.41) is 0.933. The van der Waals surface area contributed by atoms with Gasteiger partial charge in [0.1, 0.15) is 0 Å². The Morgan fingerprint density at radius 3 is 3.00 bits per heavy atom. The van der Waals surface area contributed by atoms with E-state index in [-0.39, 0.29) is 0 Å². The maximum absolute atomic E-state index is 11.5. The minimum Gasteiger partial charge on any atom is -0.339 e. The smallest absolute Gasteiger partial charge is 0.222 e. The number of likely N-dealkylation sites (tertiary alicyclic amines) is 1. The van der Waals surface area contributed by atoms with Crippen LogP contribution in [-0.4, -0.2) is 28.7 Å². The van der Waals surface area contributed by atoms with Crippen LogP contribution in [0.4, 0.5) is 0 Å². The standard InChI is InChI=1S/C9H16BrNO/c1-2-4-9(12)11-6-3-5-8(11)7-10/h8H,2-7H2,1H3. The van der Waals surface area contributed by atoms with Crippen molar-refractivity contribution in [3.63, 3.8) is 0 Å². The number of amides is 1. The van der Waals surface area contributed by atoms with Crippen LogP contribution in [-0.2, 0) is 4.79 Å². The number of halogens is 1. The van der Waals surface area contributed by atoms with E-state index in [1.54, 1.807) is 0 Å². The lowest BCUT2D eigenvalue weighted by Crippen LogP contribution is -2.36. The fourth-order valence-electron chi connectivity index (χ4n) is 1.68. The summed E-state index contributed by atoms with van der Waals surface area (Å²) in [7, 11) is 0. The topological polar surface area (TPSA) is 20.3 Å². The van der Waals surface area contributed by atoms with Gasteiger partial charge in [0.15, 0.2) is 0 Å². The molecule has 1 aliphatic rings. The van der Waals surface area contributed by atoms with Crippen LogP contribution in [0, 0.1) is 0 Å². The second kappa shape index (κ2) is 4.85. The van der Waals surface area contributed by atoms with Crippen LogP contribution in [0.2, 0.25) is 0 Å². The average molecular weight is 234 g/mol. The Morgan fingerprint density at radius 2 is 2.42 bits per heavy atom. The predicted molar refractivity (Wildman–Crippen MR) is 53.4 cm³/mol. The molecule has 2 nitrogen and oxygen atoms in total. The third-order valence-electron chi connectivity index (χ3n) is 2.34. The highest BCUT2D eigenvalue weighted by molar-refractivity contribution is 9.09. The molecule has 3 heteroatoms. The fraction of sp³-hybridized carbons (Fsp3) is 0.889. The molecule has 0 bridgehead atoms. The van der Waals surface area contributed by atoms with Gasteiger partial charge < -0.3 is 4.90 Å². The van der Waals surface area contributed by atoms with Gasteiger partial charge in [0.05, 0.1) is 0 Å². The summed E-state index contributed by atoms with van der Waals surface area (Å²) in [5.74, 6) is 0.333. The van der Waals surface area contributed by atoms with E-state index in [2.05, 4.69) is 22.9 Å². The van der Waals surface area contributed by atoms with Crippen LogP contribution in [0.25, 0.3) is 0 Å². The first-order valence-corrected chi connectivity index (χ1v) is 5.77. The number of rotatable bonds is 3. The summed E-state index contributed by atoms with van der Waals surface area (Å²) < 4.78 is 0. The summed E-state index contributed by atoms with van der Waals surface area (Å²) in [6.45, 7) is 3.02. The summed E-state index contributed by atoms with van der Waals surface area (Å²) in [6.07, 6.45) is 4.01. The summed E-state index contributed by atoms with van der Waals surface area (Å²) in [4.78, 5) is 13.5. The summed E-state index contributed by atoms with van der Waals surface area (Å²) in [6, 6.07) is 0.462. The van der Waals surface area contributed by atoms with E-state index in [1.807, 2.05) is 4.90 Å². The van der Waals surface area contributed by atoms with Gasteiger partial charge in [-0.05, 0) is 19.3 Å². The van der Waals surface area contributed by atoms with Crippen molar-refractivity contribution in [1.29, 1.82) is 0 Å². The summed E-state index contributed by atoms with van der Waals surface area (Å²) in [5.41, 5.74) is 0. The van der Waals surface area contributed by atoms with Crippen molar-refractivity contribution < 1.29 is 4.79 Å². The van der Waals surface area contributed by atoms with Crippen LogP contribution < -0.4 is 0 Å². The number of hydrogen-bond acceptors (Lipinski definition) is 1. The zero-order valence-corrected chi connectivity index (χ0v) is 9.14. The van der Waals surface area contributed by atoms with Gasteiger partial charge in [0, 0.05) is 24.3 Å². The second-order valence-corrected chi connectivity index (χ2v) is 3.93. The number of carbonyl (C=O) groups excluding carboxylic acids is 1. The fourth-order valence-corrected chi connectivity index (χ4v) is 2.36. The first-order chi connectivity index (χ1) is 5.79. The molecule has 1 amide bonds. The van der Waals surface area contributed by atoms with Gasteiger partial charge in [-0.25, -0.2) is 0 Å². The maximum atomic E-state index is 11.5. The van der Waals surface area contributed by atoms with Crippen LogP contribution in [0.5, 0.6) is 0 Å². The second-order valence-electron chi connectivity index (χ2n) is 3.29. The van der Waals surface area contributed by atoms with Gasteiger partial charge in [-0.2, -0.15) is 0 Å². The summed E-state index contributed by atoms with van der Waals surface area (Å²) >= 11 is 3.44. The Balaban J connectivity index is 2.43. The zero-order chi connectivity index (χ0) is 8.97. The molecular formula is C9H16BrNO. The maximum Gasteiger partial charge on any atom is 0.222 e. The SMILES string of the molecule is CCCC(=O)N1CCCC1CBr. The van der Waals surface area contributed by atoms with Crippen molar-refractivity contribution >= 4 is 21.8 Å². The third-order valence-corrected chi connectivity index (χ3v) is 3.09. The van der Waals surface area contributed by atoms with Crippen molar-refractivity contribution in [3.05, 3.63) is 0 Å². The van der Waals surface area contributed by atoms with Gasteiger partial charge in [-0.3, -0.25) is 4.79 Å². The van der Waals surface area contributed by atoms with Crippen LogP contribution in [0.1, 0.15) is 32.6 Å². The van der Waals surface area contributed by atoms with Crippen LogP contribution in [0.15, 0.2) is 0 Å². The van der Waals surface area contributed by atoms with Gasteiger partial charge in [0.25, 0.3) is 0 Å². The Kier molecular flexibility index (Phi) is 4.06. The van der Waals surface area contributed by atoms with Gasteiger partial charge in [0.2, 0.25) is 5.91 Å². The van der Waals surface area contributed by atoms with E-state index in [9.17, 15) is 4.79 Å². The Hall–Kier alpha value is -0.0500. The normalized spacial score (nSPS) is 23.2. The zero-order valence-electron chi connectivity index (χ0n) is 7.55. The quantitative estimate of drug-likeness (QED) is 0.685. The van der Waals surface area contributed by atoms with E-state index in [1.165, 1.54) is 12.8 Å². The lowest BCUT2D eigenvalue weighted by atomic mass is 10.2. The molecule has 0 N–H and O–H groups in total. The van der Waals surface area contributed by atoms with E-state index in [0.717, 1.165) is 18.3 Å². The molecule has 0 saturated carbocycles. The van der Waals surface area contributed by atoms with Crippen LogP contribution >= 0.6 is 15.9 Å². The number of nitrogens with zero attached hydrogens (tertiary/aromatic N) is 1. The van der Waals surface area contributed by atoms with Crippen molar-refractivity contribution in [1.82, 2.24) is 4.90 Å². The van der Waals surface area contributed by atoms with Crippen molar-refractivity contribution in [2.45, 2.75) is 38.6 Å². The lowest BCUT2D eigenvalue weighted by Gasteiger charge is -2.22. The van der Waals surface area contributed by atoms with E-state index >= 15 is 0 Å². The average Bonchev–Trinajstić information content (AvgIpc) is 2.51. The highest BCUT2D eigenvalue weighted by atomic mass is 79.9. The minimum atomic E-state index is 0.333. The van der Waals surface area contributed by atoms with Gasteiger partial charge in [-0.15, -0.1) is 0 Å². The van der Waals surface area contributed by atoms with Crippen molar-refractivity contribution in [2.24, 2.45) is 0 Å². The molecule has 1 saturated heterocycles. The molecule has 1 heterocycles. The molecule has 0 radical (unpaired) electrons. The lowest BCUT2D eigenvalue weighted by molar-refractivity contribution is -0.131. The molecule has 0 aromatic carbocycles. The van der Waals surface area contributed by atoms with E-state index < -0.39 is 0 Å². The molecule has 1 unspecified atom stereocenters. The molecule has 1 fully saturated rings. The van der Waals surface area contributed by atoms with E-state index in [0.29, 0.717) is 18.4 Å². The number of carbonyl (C=O) groups is 1. The highest BCUT2D eigenvalue weighted by Crippen LogP contribution is 2.19. The molecule has 70 valence electrons. The Bertz CT molecular complexity index is 161. The number of alkyl halides is 1. The third kappa shape index (κ3) is 2.22. The number of hydrogen-bond donors (Lipinski definition) is 0. The van der Waals surface area contributed by atoms with Crippen LogP contribution in [0.3, 0.4) is 0 Å². The molecule has 1 atom stereocenters. The first-order valence-electron chi connectivity index (χ1n) is 4.65. The molecule has 12 heavy (non-hydrogen) atoms. The van der Waals surface area contributed by atoms with Crippen molar-refractivity contribution in [3.8, 4) is 0 Å². The first kappa shape index (κ1) is 10.0. The molecular weight excluding hydrogens is 218 g/mol. The molecule has 0 aromatic rings. The van der Waals surface area contributed by atoms with Gasteiger partial charge in [-0.1, -0.05) is 22.9 Å². The molecule has 1 rings (SSSR count). The predicted octanol–water partition coefficient (Wildman–Crippen LogP) is 2.17. The van der Waals surface area contributed by atoms with E-state index in [4.69, 9.17) is 0 Å².